The Morgan fingerprint density at radius 1 is 0.825 bits per heavy atom. The van der Waals surface area contributed by atoms with Crippen molar-refractivity contribution in [3.63, 3.8) is 0 Å². The Labute approximate surface area is 232 Å². The minimum absolute atomic E-state index is 0.00109. The molecule has 15 nitrogen and oxygen atoms in total. The first-order valence-corrected chi connectivity index (χ1v) is 13.4. The predicted octanol–water partition coefficient (Wildman–Crippen LogP) is -3.31. The number of ether oxygens (including phenoxy) is 4. The van der Waals surface area contributed by atoms with Gasteiger partial charge in [0, 0.05) is 25.9 Å². The first kappa shape index (κ1) is 34.4. The van der Waals surface area contributed by atoms with Gasteiger partial charge in [0.15, 0.2) is 12.6 Å². The smallest absolute Gasteiger partial charge is 0.223 e. The molecule has 2 fully saturated rings. The third-order valence-corrected chi connectivity index (χ3v) is 6.81. The van der Waals surface area contributed by atoms with E-state index in [1.165, 1.54) is 18.0 Å². The van der Waals surface area contributed by atoms with Gasteiger partial charge < -0.3 is 64.9 Å². The molecule has 0 aliphatic carbocycles. The maximum atomic E-state index is 12.9. The van der Waals surface area contributed by atoms with Crippen LogP contribution in [0, 0.1) is 0 Å². The van der Waals surface area contributed by atoms with Gasteiger partial charge in [-0.15, -0.1) is 0 Å². The average Bonchev–Trinajstić information content (AvgIpc) is 2.93. The molecular weight excluding hydrogens is 536 g/mol. The second-order valence-electron chi connectivity index (χ2n) is 9.83. The maximum absolute atomic E-state index is 12.9. The summed E-state index contributed by atoms with van der Waals surface area (Å²) < 4.78 is 21.8. The van der Waals surface area contributed by atoms with Gasteiger partial charge in [-0.2, -0.15) is 0 Å². The number of hydrogen-bond acceptors (Lipinski definition) is 13. The molecule has 0 aromatic rings. The summed E-state index contributed by atoms with van der Waals surface area (Å²) in [6.45, 7) is 4.59. The fraction of sp³-hybridized carbons (Fsp3) is 0.840. The molecule has 0 unspecified atom stereocenters. The molecule has 0 saturated carbocycles. The SMILES string of the molecule is C=CNC(=O)CCCCC(=O)N(CCCO[C@H]1O[C@H](CO)[C@@H](O)[C@H](O)[C@@H]1O)CCO[C@@H]1O[C@@H](C)[C@@H](O)[C@@H](O)[C@@H]1O. The van der Waals surface area contributed by atoms with Crippen molar-refractivity contribution in [3.05, 3.63) is 12.8 Å². The van der Waals surface area contributed by atoms with Crippen molar-refractivity contribution in [3.8, 4) is 0 Å². The molecule has 40 heavy (non-hydrogen) atoms. The number of amides is 2. The van der Waals surface area contributed by atoms with E-state index in [9.17, 15) is 45.3 Å². The molecule has 0 radical (unpaired) electrons. The van der Waals surface area contributed by atoms with Gasteiger partial charge in [-0.25, -0.2) is 0 Å². The van der Waals surface area contributed by atoms with Gasteiger partial charge in [0.1, 0.15) is 42.7 Å². The molecule has 0 aromatic heterocycles. The van der Waals surface area contributed by atoms with Crippen LogP contribution >= 0.6 is 0 Å². The molecule has 0 bridgehead atoms. The molecule has 2 saturated heterocycles. The summed E-state index contributed by atoms with van der Waals surface area (Å²) in [7, 11) is 0. The number of nitrogens with zero attached hydrogens (tertiary/aromatic N) is 1. The van der Waals surface area contributed by atoms with Crippen LogP contribution in [0.3, 0.4) is 0 Å². The van der Waals surface area contributed by atoms with E-state index in [1.54, 1.807) is 0 Å². The second-order valence-corrected chi connectivity index (χ2v) is 9.83. The van der Waals surface area contributed by atoms with E-state index in [1.807, 2.05) is 0 Å². The van der Waals surface area contributed by atoms with E-state index in [0.717, 1.165) is 0 Å². The van der Waals surface area contributed by atoms with Crippen molar-refractivity contribution in [2.24, 2.45) is 0 Å². The first-order valence-electron chi connectivity index (χ1n) is 13.4. The minimum atomic E-state index is -1.57. The Balaban J connectivity index is 1.88. The predicted molar refractivity (Wildman–Crippen MR) is 136 cm³/mol. The zero-order valence-electron chi connectivity index (χ0n) is 22.7. The number of nitrogens with one attached hydrogen (secondary N) is 1. The average molecular weight is 581 g/mol. The molecule has 8 N–H and O–H groups in total. The van der Waals surface area contributed by atoms with Crippen molar-refractivity contribution >= 4 is 11.8 Å². The van der Waals surface area contributed by atoms with Gasteiger partial charge in [-0.05, 0) is 32.4 Å². The molecule has 2 aliphatic heterocycles. The monoisotopic (exact) mass is 580 g/mol. The number of aliphatic hydroxyl groups excluding tert-OH is 7. The Morgan fingerprint density at radius 3 is 2.08 bits per heavy atom. The number of hydrogen-bond donors (Lipinski definition) is 8. The standard InChI is InChI=1S/C25H44N2O13/c1-3-26-16(29)7-4-5-8-17(30)27(10-12-38-24-22(35)20(33)18(31)14(2)39-24)9-6-11-37-25-23(36)21(34)19(32)15(13-28)40-25/h3,14-15,18-25,28,31-36H,1,4-13H2,2H3,(H,26,29)/t14-,15+,18+,19+,20+,21-,22-,23-,24+,25-/m0/s1. The van der Waals surface area contributed by atoms with E-state index in [4.69, 9.17) is 18.9 Å². The lowest BCUT2D eigenvalue weighted by Crippen LogP contribution is -2.59. The van der Waals surface area contributed by atoms with E-state index in [-0.39, 0.29) is 57.4 Å². The van der Waals surface area contributed by atoms with E-state index >= 15 is 0 Å². The summed E-state index contributed by atoms with van der Waals surface area (Å²) in [6.07, 6.45) is -10.3. The van der Waals surface area contributed by atoms with Crippen molar-refractivity contribution in [2.45, 2.75) is 100 Å². The van der Waals surface area contributed by atoms with Crippen molar-refractivity contribution in [2.75, 3.05) is 32.9 Å². The van der Waals surface area contributed by atoms with Crippen LogP contribution in [0.25, 0.3) is 0 Å². The summed E-state index contributed by atoms with van der Waals surface area (Å²) in [5.74, 6) is -0.430. The maximum Gasteiger partial charge on any atom is 0.223 e. The highest BCUT2D eigenvalue weighted by Gasteiger charge is 2.44. The van der Waals surface area contributed by atoms with Crippen LogP contribution in [0.5, 0.6) is 0 Å². The molecule has 0 spiro atoms. The fourth-order valence-corrected chi connectivity index (χ4v) is 4.36. The largest absolute Gasteiger partial charge is 0.394 e. The Morgan fingerprint density at radius 2 is 1.43 bits per heavy atom. The molecule has 0 aromatic carbocycles. The highest BCUT2D eigenvalue weighted by atomic mass is 16.7. The molecule has 15 heteroatoms. The van der Waals surface area contributed by atoms with Crippen LogP contribution in [0.1, 0.15) is 39.0 Å². The van der Waals surface area contributed by atoms with Gasteiger partial charge in [0.05, 0.1) is 25.9 Å². The van der Waals surface area contributed by atoms with Crippen LogP contribution in [-0.4, -0.2) is 147 Å². The summed E-state index contributed by atoms with van der Waals surface area (Å²) in [4.78, 5) is 26.0. The third-order valence-electron chi connectivity index (χ3n) is 6.81. The number of carbonyl (C=O) groups is 2. The molecule has 232 valence electrons. The Hall–Kier alpha value is -1.76. The minimum Gasteiger partial charge on any atom is -0.394 e. The van der Waals surface area contributed by atoms with Crippen molar-refractivity contribution < 1.29 is 64.3 Å². The van der Waals surface area contributed by atoms with Crippen molar-refractivity contribution in [1.82, 2.24) is 10.2 Å². The zero-order chi connectivity index (χ0) is 29.8. The van der Waals surface area contributed by atoms with Gasteiger partial charge >= 0.3 is 0 Å². The lowest BCUT2D eigenvalue weighted by atomic mass is 9.99. The summed E-state index contributed by atoms with van der Waals surface area (Å²) >= 11 is 0. The van der Waals surface area contributed by atoms with Crippen molar-refractivity contribution in [1.29, 1.82) is 0 Å². The molecular formula is C25H44N2O13. The lowest BCUT2D eigenvalue weighted by Gasteiger charge is -2.39. The van der Waals surface area contributed by atoms with Crippen LogP contribution in [0.2, 0.25) is 0 Å². The van der Waals surface area contributed by atoms with Crippen LogP contribution < -0.4 is 5.32 Å². The highest BCUT2D eigenvalue weighted by Crippen LogP contribution is 2.23. The third kappa shape index (κ3) is 9.95. The van der Waals surface area contributed by atoms with E-state index in [0.29, 0.717) is 12.8 Å². The number of carbonyl (C=O) groups excluding carboxylic acids is 2. The summed E-state index contributed by atoms with van der Waals surface area (Å²) in [6, 6.07) is 0. The second kappa shape index (κ2) is 17.3. The topological polar surface area (TPSA) is 228 Å². The Kier molecular flexibility index (Phi) is 14.9. The Bertz CT molecular complexity index is 788. The number of rotatable bonds is 16. The first-order chi connectivity index (χ1) is 19.0. The molecule has 2 amide bonds. The van der Waals surface area contributed by atoms with Gasteiger partial charge in [-0.3, -0.25) is 9.59 Å². The fourth-order valence-electron chi connectivity index (χ4n) is 4.36. The number of unbranched alkanes of at least 4 members (excludes halogenated alkanes) is 1. The lowest BCUT2D eigenvalue weighted by molar-refractivity contribution is -0.301. The van der Waals surface area contributed by atoms with Gasteiger partial charge in [-0.1, -0.05) is 6.58 Å². The van der Waals surface area contributed by atoms with Crippen LogP contribution in [0.15, 0.2) is 12.8 Å². The summed E-state index contributed by atoms with van der Waals surface area (Å²) in [5.41, 5.74) is 0. The van der Waals surface area contributed by atoms with Gasteiger partial charge in [0.2, 0.25) is 11.8 Å². The highest BCUT2D eigenvalue weighted by molar-refractivity contribution is 5.77. The van der Waals surface area contributed by atoms with E-state index < -0.39 is 68.0 Å². The molecule has 2 heterocycles. The van der Waals surface area contributed by atoms with Crippen LogP contribution in [-0.2, 0) is 28.5 Å². The molecule has 10 atom stereocenters. The summed E-state index contributed by atoms with van der Waals surface area (Å²) in [5, 5.41) is 71.6. The van der Waals surface area contributed by atoms with Gasteiger partial charge in [0.25, 0.3) is 0 Å². The number of aliphatic hydroxyl groups is 7. The molecule has 2 aliphatic rings. The van der Waals surface area contributed by atoms with Crippen LogP contribution in [0.4, 0.5) is 0 Å². The molecule has 2 rings (SSSR count). The normalized spacial score (nSPS) is 34.3. The van der Waals surface area contributed by atoms with E-state index in [2.05, 4.69) is 11.9 Å². The quantitative estimate of drug-likeness (QED) is 0.0837. The zero-order valence-corrected chi connectivity index (χ0v) is 22.7.